The van der Waals surface area contributed by atoms with Gasteiger partial charge >= 0.3 is 6.03 Å². The maximum absolute atomic E-state index is 12.0. The van der Waals surface area contributed by atoms with Gasteiger partial charge < -0.3 is 10.3 Å². The lowest BCUT2D eigenvalue weighted by Crippen LogP contribution is -2.45. The van der Waals surface area contributed by atoms with Gasteiger partial charge in [0.25, 0.3) is 0 Å². The number of imide groups is 1. The van der Waals surface area contributed by atoms with Crippen LogP contribution < -0.4 is 10.6 Å². The Morgan fingerprint density at radius 1 is 1.30 bits per heavy atom. The number of likely N-dealkylation sites (tertiary alicyclic amines) is 1. The Morgan fingerprint density at radius 3 is 2.91 bits per heavy atom. The van der Waals surface area contributed by atoms with E-state index in [4.69, 9.17) is 0 Å². The van der Waals surface area contributed by atoms with Crippen LogP contribution >= 0.6 is 0 Å². The fraction of sp³-hybridized carbons (Fsp3) is 0.412. The van der Waals surface area contributed by atoms with Gasteiger partial charge in [-0.2, -0.15) is 0 Å². The van der Waals surface area contributed by atoms with Crippen molar-refractivity contribution in [2.45, 2.75) is 25.3 Å². The standard InChI is InChI=1S/C17H22N4O2/c1-18-17(23)20-16(22)11-21-9-5-4-8-15(21)14-10-12-6-2-3-7-13(12)19-14/h2-3,6-7,10,15,19H,4-5,8-9,11H2,1H3,(H2,18,20,22,23)/t15-/m0/s1. The van der Waals surface area contributed by atoms with Gasteiger partial charge in [-0.05, 0) is 36.9 Å². The Kier molecular flexibility index (Phi) is 4.62. The molecule has 3 rings (SSSR count). The Hall–Kier alpha value is -2.34. The molecule has 0 unspecified atom stereocenters. The number of amides is 3. The van der Waals surface area contributed by atoms with E-state index in [9.17, 15) is 9.59 Å². The minimum absolute atomic E-state index is 0.187. The zero-order valence-electron chi connectivity index (χ0n) is 13.3. The third-order valence-electron chi connectivity index (χ3n) is 4.35. The molecule has 6 heteroatoms. The molecular formula is C17H22N4O2. The number of benzene rings is 1. The van der Waals surface area contributed by atoms with Crippen LogP contribution in [0.3, 0.4) is 0 Å². The van der Waals surface area contributed by atoms with Crippen molar-refractivity contribution in [2.24, 2.45) is 0 Å². The predicted octanol–water partition coefficient (Wildman–Crippen LogP) is 2.15. The van der Waals surface area contributed by atoms with Crippen LogP contribution in [-0.4, -0.2) is 42.0 Å². The van der Waals surface area contributed by atoms with Crippen LogP contribution in [0.4, 0.5) is 4.79 Å². The summed E-state index contributed by atoms with van der Waals surface area (Å²) in [6, 6.07) is 10.1. The molecule has 3 N–H and O–H groups in total. The zero-order valence-corrected chi connectivity index (χ0v) is 13.3. The van der Waals surface area contributed by atoms with Crippen LogP contribution in [0, 0.1) is 0 Å². The average molecular weight is 314 g/mol. The fourth-order valence-electron chi connectivity index (χ4n) is 3.22. The van der Waals surface area contributed by atoms with Gasteiger partial charge in [0.1, 0.15) is 0 Å². The van der Waals surface area contributed by atoms with Crippen LogP contribution in [0.15, 0.2) is 30.3 Å². The Labute approximate surface area is 135 Å². The van der Waals surface area contributed by atoms with E-state index in [1.54, 1.807) is 0 Å². The van der Waals surface area contributed by atoms with Crippen LogP contribution in [0.25, 0.3) is 10.9 Å². The molecule has 1 aliphatic heterocycles. The molecule has 2 aromatic rings. The average Bonchev–Trinajstić information content (AvgIpc) is 2.99. The predicted molar refractivity (Wildman–Crippen MR) is 89.1 cm³/mol. The van der Waals surface area contributed by atoms with Crippen molar-refractivity contribution in [1.29, 1.82) is 0 Å². The number of H-pyrrole nitrogens is 1. The van der Waals surface area contributed by atoms with Gasteiger partial charge in [0, 0.05) is 18.3 Å². The van der Waals surface area contributed by atoms with Crippen molar-refractivity contribution in [1.82, 2.24) is 20.5 Å². The quantitative estimate of drug-likeness (QED) is 0.812. The van der Waals surface area contributed by atoms with E-state index >= 15 is 0 Å². The summed E-state index contributed by atoms with van der Waals surface area (Å²) in [6.07, 6.45) is 3.23. The van der Waals surface area contributed by atoms with E-state index in [1.807, 2.05) is 12.1 Å². The molecule has 1 saturated heterocycles. The SMILES string of the molecule is CNC(=O)NC(=O)CN1CCCC[C@H]1c1cc2ccccc2[nH]1. The number of hydrogen-bond acceptors (Lipinski definition) is 3. The molecule has 122 valence electrons. The summed E-state index contributed by atoms with van der Waals surface area (Å²) in [5.74, 6) is -0.271. The number of fused-ring (bicyclic) bond motifs is 1. The molecular weight excluding hydrogens is 292 g/mol. The monoisotopic (exact) mass is 314 g/mol. The number of aromatic amines is 1. The second kappa shape index (κ2) is 6.83. The lowest BCUT2D eigenvalue weighted by Gasteiger charge is -2.34. The highest BCUT2D eigenvalue weighted by molar-refractivity contribution is 5.95. The zero-order chi connectivity index (χ0) is 16.2. The first-order valence-electron chi connectivity index (χ1n) is 8.00. The first kappa shape index (κ1) is 15.6. The van der Waals surface area contributed by atoms with Gasteiger partial charge in [0.2, 0.25) is 5.91 Å². The molecule has 3 amide bonds. The Morgan fingerprint density at radius 2 is 2.13 bits per heavy atom. The van der Waals surface area contributed by atoms with Crippen LogP contribution in [0.2, 0.25) is 0 Å². The van der Waals surface area contributed by atoms with E-state index in [2.05, 4.69) is 38.7 Å². The first-order valence-corrected chi connectivity index (χ1v) is 8.00. The molecule has 0 bridgehead atoms. The summed E-state index contributed by atoms with van der Waals surface area (Å²) in [4.78, 5) is 28.9. The lowest BCUT2D eigenvalue weighted by molar-refractivity contribution is -0.122. The van der Waals surface area contributed by atoms with Crippen LogP contribution in [-0.2, 0) is 4.79 Å². The van der Waals surface area contributed by atoms with Gasteiger partial charge in [-0.3, -0.25) is 15.0 Å². The highest BCUT2D eigenvalue weighted by atomic mass is 16.2. The van der Waals surface area contributed by atoms with Gasteiger partial charge in [-0.1, -0.05) is 24.6 Å². The summed E-state index contributed by atoms with van der Waals surface area (Å²) < 4.78 is 0. The molecule has 6 nitrogen and oxygen atoms in total. The summed E-state index contributed by atoms with van der Waals surface area (Å²) in [6.45, 7) is 1.09. The number of piperidine rings is 1. The molecule has 1 aromatic heterocycles. The van der Waals surface area contributed by atoms with Crippen molar-refractivity contribution < 1.29 is 9.59 Å². The normalized spacial score (nSPS) is 18.7. The third-order valence-corrected chi connectivity index (χ3v) is 4.35. The maximum Gasteiger partial charge on any atom is 0.321 e. The van der Waals surface area contributed by atoms with Crippen LogP contribution in [0.5, 0.6) is 0 Å². The summed E-state index contributed by atoms with van der Waals surface area (Å²) >= 11 is 0. The molecule has 0 radical (unpaired) electrons. The van der Waals surface area contributed by atoms with E-state index in [1.165, 1.54) is 12.4 Å². The molecule has 0 saturated carbocycles. The Bertz CT molecular complexity index is 676. The summed E-state index contributed by atoms with van der Waals surface area (Å²) in [5.41, 5.74) is 2.25. The van der Waals surface area contributed by atoms with Crippen molar-refractivity contribution in [3.8, 4) is 0 Å². The van der Waals surface area contributed by atoms with Gasteiger partial charge in [0.15, 0.2) is 0 Å². The highest BCUT2D eigenvalue weighted by Crippen LogP contribution is 2.31. The van der Waals surface area contributed by atoms with Gasteiger partial charge in [-0.25, -0.2) is 4.79 Å². The third kappa shape index (κ3) is 3.53. The Balaban J connectivity index is 1.75. The minimum atomic E-state index is -0.464. The fourth-order valence-corrected chi connectivity index (χ4v) is 3.22. The second-order valence-corrected chi connectivity index (χ2v) is 5.92. The van der Waals surface area contributed by atoms with E-state index < -0.39 is 6.03 Å². The largest absolute Gasteiger partial charge is 0.357 e. The van der Waals surface area contributed by atoms with Crippen molar-refractivity contribution in [2.75, 3.05) is 20.1 Å². The number of rotatable bonds is 3. The molecule has 1 aliphatic rings. The molecule has 0 aliphatic carbocycles. The number of hydrogen-bond donors (Lipinski definition) is 3. The number of carbonyl (C=O) groups is 2. The van der Waals surface area contributed by atoms with Crippen molar-refractivity contribution in [3.63, 3.8) is 0 Å². The number of carbonyl (C=O) groups excluding carboxylic acids is 2. The highest BCUT2D eigenvalue weighted by Gasteiger charge is 2.27. The topological polar surface area (TPSA) is 77.2 Å². The minimum Gasteiger partial charge on any atom is -0.357 e. The molecule has 1 atom stereocenters. The van der Waals surface area contributed by atoms with Crippen molar-refractivity contribution in [3.05, 3.63) is 36.0 Å². The van der Waals surface area contributed by atoms with E-state index in [-0.39, 0.29) is 18.5 Å². The number of para-hydroxylation sites is 1. The van der Waals surface area contributed by atoms with Gasteiger partial charge in [0.05, 0.1) is 12.6 Å². The molecule has 2 heterocycles. The van der Waals surface area contributed by atoms with Crippen LogP contribution in [0.1, 0.15) is 31.0 Å². The number of nitrogens with zero attached hydrogens (tertiary/aromatic N) is 1. The molecule has 23 heavy (non-hydrogen) atoms. The van der Waals surface area contributed by atoms with Crippen molar-refractivity contribution >= 4 is 22.8 Å². The second-order valence-electron chi connectivity index (χ2n) is 5.92. The summed E-state index contributed by atoms with van der Waals surface area (Å²) in [7, 11) is 1.50. The smallest absolute Gasteiger partial charge is 0.321 e. The van der Waals surface area contributed by atoms with E-state index in [0.717, 1.165) is 37.0 Å². The first-order chi connectivity index (χ1) is 11.2. The number of urea groups is 1. The van der Waals surface area contributed by atoms with Gasteiger partial charge in [-0.15, -0.1) is 0 Å². The number of aromatic nitrogens is 1. The molecule has 1 aromatic carbocycles. The molecule has 0 spiro atoms. The maximum atomic E-state index is 12.0. The lowest BCUT2D eigenvalue weighted by atomic mass is 9.99. The molecule has 1 fully saturated rings. The summed E-state index contributed by atoms with van der Waals surface area (Å²) in [5, 5.41) is 5.92. The van der Waals surface area contributed by atoms with E-state index in [0.29, 0.717) is 0 Å². The number of nitrogens with one attached hydrogen (secondary N) is 3.